The van der Waals surface area contributed by atoms with Crippen molar-refractivity contribution in [2.24, 2.45) is 0 Å². The van der Waals surface area contributed by atoms with Crippen molar-refractivity contribution in [2.45, 2.75) is 6.42 Å². The Kier molecular flexibility index (Phi) is 3.39. The summed E-state index contributed by atoms with van der Waals surface area (Å²) in [5.41, 5.74) is 2.04. The molecule has 0 unspecified atom stereocenters. The smallest absolute Gasteiger partial charge is 0.336 e. The molecule has 0 saturated carbocycles. The van der Waals surface area contributed by atoms with Crippen LogP contribution in [0.5, 0.6) is 0 Å². The Bertz CT molecular complexity index is 1290. The molecule has 0 radical (unpaired) electrons. The molecule has 0 aliphatic rings. The fraction of sp³-hybridized carbons (Fsp3) is 0.0526. The molecule has 0 amide bonds. The average molecular weight is 360 g/mol. The number of rotatable bonds is 3. The van der Waals surface area contributed by atoms with Gasteiger partial charge < -0.3 is 4.42 Å². The molecule has 5 aromatic rings. The zero-order valence-corrected chi connectivity index (χ0v) is 14.3. The third-order valence-electron chi connectivity index (χ3n) is 4.14. The minimum atomic E-state index is -0.394. The largest absolute Gasteiger partial charge is 0.423 e. The van der Waals surface area contributed by atoms with Gasteiger partial charge in [0.25, 0.3) is 0 Å². The molecule has 3 aromatic heterocycles. The Balaban J connectivity index is 1.64. The van der Waals surface area contributed by atoms with Crippen LogP contribution >= 0.6 is 11.3 Å². The Hall–Kier alpha value is -3.32. The lowest BCUT2D eigenvalue weighted by molar-refractivity contribution is 0.561. The Labute approximate surface area is 151 Å². The van der Waals surface area contributed by atoms with E-state index in [1.165, 1.54) is 17.4 Å². The van der Waals surface area contributed by atoms with Gasteiger partial charge in [-0.05, 0) is 11.6 Å². The number of hydrogen-bond donors (Lipinski definition) is 0. The van der Waals surface area contributed by atoms with E-state index in [0.29, 0.717) is 22.0 Å². The van der Waals surface area contributed by atoms with Crippen molar-refractivity contribution in [1.29, 1.82) is 0 Å². The summed E-state index contributed by atoms with van der Waals surface area (Å²) < 4.78 is 7.02. The molecule has 0 saturated heterocycles. The minimum absolute atomic E-state index is 0.394. The van der Waals surface area contributed by atoms with Crippen LogP contribution in [0.25, 0.3) is 26.5 Å². The zero-order chi connectivity index (χ0) is 17.5. The maximum absolute atomic E-state index is 11.9. The summed E-state index contributed by atoms with van der Waals surface area (Å²) in [6.45, 7) is 0. The molecule has 0 fully saturated rings. The third-order valence-corrected chi connectivity index (χ3v) is 5.07. The molecule has 6 nitrogen and oxygen atoms in total. The summed E-state index contributed by atoms with van der Waals surface area (Å²) >= 11 is 1.40. The highest BCUT2D eigenvalue weighted by molar-refractivity contribution is 7.19. The summed E-state index contributed by atoms with van der Waals surface area (Å²) in [7, 11) is 0. The molecule has 26 heavy (non-hydrogen) atoms. The van der Waals surface area contributed by atoms with E-state index >= 15 is 0 Å². The number of aromatic nitrogens is 4. The molecule has 0 spiro atoms. The van der Waals surface area contributed by atoms with E-state index in [1.54, 1.807) is 10.6 Å². The van der Waals surface area contributed by atoms with Crippen LogP contribution < -0.4 is 5.63 Å². The van der Waals surface area contributed by atoms with Crippen molar-refractivity contribution in [1.82, 2.24) is 19.8 Å². The highest BCUT2D eigenvalue weighted by Gasteiger charge is 2.16. The lowest BCUT2D eigenvalue weighted by atomic mass is 10.1. The topological polar surface area (TPSA) is 73.3 Å². The van der Waals surface area contributed by atoms with E-state index in [9.17, 15) is 4.79 Å². The first-order valence-corrected chi connectivity index (χ1v) is 8.88. The van der Waals surface area contributed by atoms with Crippen LogP contribution in [0.3, 0.4) is 0 Å². The lowest BCUT2D eigenvalue weighted by Crippen LogP contribution is -2.00. The van der Waals surface area contributed by atoms with E-state index in [0.717, 1.165) is 22.3 Å². The van der Waals surface area contributed by atoms with Crippen molar-refractivity contribution in [3.63, 3.8) is 0 Å². The molecule has 7 heteroatoms. The summed E-state index contributed by atoms with van der Waals surface area (Å²) in [5, 5.41) is 14.7. The molecular weight excluding hydrogens is 348 g/mol. The van der Waals surface area contributed by atoms with E-state index in [1.807, 2.05) is 48.5 Å². The number of hydrogen-bond acceptors (Lipinski definition) is 6. The molecule has 5 rings (SSSR count). The van der Waals surface area contributed by atoms with Gasteiger partial charge in [0, 0.05) is 23.4 Å². The van der Waals surface area contributed by atoms with Gasteiger partial charge in [0.05, 0.1) is 0 Å². The fourth-order valence-electron chi connectivity index (χ4n) is 2.94. The molecule has 0 N–H and O–H groups in total. The van der Waals surface area contributed by atoms with Crippen LogP contribution in [0, 0.1) is 0 Å². The normalized spacial score (nSPS) is 11.4. The average Bonchev–Trinajstić information content (AvgIpc) is 3.24. The van der Waals surface area contributed by atoms with Gasteiger partial charge in [0.1, 0.15) is 10.6 Å². The summed E-state index contributed by atoms with van der Waals surface area (Å²) in [4.78, 5) is 12.6. The van der Waals surface area contributed by atoms with Gasteiger partial charge in [0.2, 0.25) is 4.96 Å². The monoisotopic (exact) mass is 360 g/mol. The number of nitrogens with zero attached hydrogens (tertiary/aromatic N) is 4. The molecule has 0 aliphatic carbocycles. The van der Waals surface area contributed by atoms with Gasteiger partial charge in [-0.25, -0.2) is 4.79 Å². The zero-order valence-electron chi connectivity index (χ0n) is 13.5. The van der Waals surface area contributed by atoms with Crippen LogP contribution in [-0.4, -0.2) is 19.8 Å². The van der Waals surface area contributed by atoms with Gasteiger partial charge in [-0.3, -0.25) is 0 Å². The van der Waals surface area contributed by atoms with Crippen LogP contribution in [0.2, 0.25) is 0 Å². The first-order chi connectivity index (χ1) is 12.8. The second-order valence-corrected chi connectivity index (χ2v) is 6.81. The van der Waals surface area contributed by atoms with Gasteiger partial charge >= 0.3 is 5.63 Å². The van der Waals surface area contributed by atoms with Crippen molar-refractivity contribution in [3.8, 4) is 10.6 Å². The quantitative estimate of drug-likeness (QED) is 0.460. The van der Waals surface area contributed by atoms with Crippen molar-refractivity contribution < 1.29 is 4.42 Å². The van der Waals surface area contributed by atoms with E-state index < -0.39 is 5.63 Å². The SMILES string of the molecule is O=c1cc(-c2nn3c(Cc4ccccc4)nnc3s2)c2ccccc2o1. The highest BCUT2D eigenvalue weighted by Crippen LogP contribution is 2.30. The van der Waals surface area contributed by atoms with Gasteiger partial charge in [-0.1, -0.05) is 59.9 Å². The van der Waals surface area contributed by atoms with Crippen LogP contribution in [0.1, 0.15) is 11.4 Å². The Morgan fingerprint density at radius 3 is 2.69 bits per heavy atom. The van der Waals surface area contributed by atoms with Crippen molar-refractivity contribution in [2.75, 3.05) is 0 Å². The molecule has 0 bridgehead atoms. The molecule has 2 aromatic carbocycles. The number of benzene rings is 2. The van der Waals surface area contributed by atoms with E-state index in [2.05, 4.69) is 15.3 Å². The summed E-state index contributed by atoms with van der Waals surface area (Å²) in [6.07, 6.45) is 0.642. The maximum atomic E-state index is 11.9. The first-order valence-electron chi connectivity index (χ1n) is 8.06. The summed E-state index contributed by atoms with van der Waals surface area (Å²) in [5.74, 6) is 0.765. The van der Waals surface area contributed by atoms with Crippen molar-refractivity contribution in [3.05, 3.63) is 82.5 Å². The minimum Gasteiger partial charge on any atom is -0.423 e. The van der Waals surface area contributed by atoms with Crippen molar-refractivity contribution >= 4 is 27.3 Å². The van der Waals surface area contributed by atoms with Gasteiger partial charge in [-0.2, -0.15) is 9.61 Å². The molecule has 0 atom stereocenters. The Morgan fingerprint density at radius 1 is 1.00 bits per heavy atom. The number of fused-ring (bicyclic) bond motifs is 2. The first kappa shape index (κ1) is 15.0. The third kappa shape index (κ3) is 2.49. The standard InChI is InChI=1S/C19H12N4O2S/c24-17-11-14(13-8-4-5-9-15(13)25-17)18-22-23-16(20-21-19(23)26-18)10-12-6-2-1-3-7-12/h1-9,11H,10H2. The van der Waals surface area contributed by atoms with E-state index in [-0.39, 0.29) is 0 Å². The maximum Gasteiger partial charge on any atom is 0.336 e. The van der Waals surface area contributed by atoms with Crippen LogP contribution in [0.4, 0.5) is 0 Å². The fourth-order valence-corrected chi connectivity index (χ4v) is 3.83. The second kappa shape index (κ2) is 5.89. The highest BCUT2D eigenvalue weighted by atomic mass is 32.1. The van der Waals surface area contributed by atoms with Crippen LogP contribution in [-0.2, 0) is 6.42 Å². The van der Waals surface area contributed by atoms with E-state index in [4.69, 9.17) is 4.42 Å². The molecule has 126 valence electrons. The summed E-state index contributed by atoms with van der Waals surface area (Å²) in [6, 6.07) is 19.0. The lowest BCUT2D eigenvalue weighted by Gasteiger charge is -2.01. The van der Waals surface area contributed by atoms with Crippen LogP contribution in [0.15, 0.2) is 69.9 Å². The van der Waals surface area contributed by atoms with Gasteiger partial charge in [-0.15, -0.1) is 10.2 Å². The predicted molar refractivity (Wildman–Crippen MR) is 99.4 cm³/mol. The molecule has 3 heterocycles. The predicted octanol–water partition coefficient (Wildman–Crippen LogP) is 3.55. The molecular formula is C19H12N4O2S. The Morgan fingerprint density at radius 2 is 1.81 bits per heavy atom. The number of para-hydroxylation sites is 1. The second-order valence-electron chi connectivity index (χ2n) is 5.86. The molecule has 0 aliphatic heterocycles. The van der Waals surface area contributed by atoms with Gasteiger partial charge in [0.15, 0.2) is 5.82 Å².